The first-order chi connectivity index (χ1) is 10.1. The molecule has 1 atom stereocenters. The molecule has 1 saturated heterocycles. The van der Waals surface area contributed by atoms with Gasteiger partial charge in [-0.1, -0.05) is 0 Å². The zero-order chi connectivity index (χ0) is 15.8. The summed E-state index contributed by atoms with van der Waals surface area (Å²) in [6.45, 7) is 4.47. The van der Waals surface area contributed by atoms with E-state index in [0.29, 0.717) is 16.5 Å². The van der Waals surface area contributed by atoms with Gasteiger partial charge in [-0.2, -0.15) is 28.4 Å². The average Bonchev–Trinajstić information content (AvgIpc) is 2.95. The number of hydrogen-bond acceptors (Lipinski definition) is 6. The molecule has 110 valence electrons. The molecule has 1 unspecified atom stereocenters. The third-order valence-electron chi connectivity index (χ3n) is 3.48. The lowest BCUT2D eigenvalue weighted by Gasteiger charge is -2.28. The summed E-state index contributed by atoms with van der Waals surface area (Å²) in [5.41, 5.74) is 1.76. The number of nitrogens with zero attached hydrogens (tertiary/aromatic N) is 4. The predicted molar refractivity (Wildman–Crippen MR) is 88.3 cm³/mol. The van der Waals surface area contributed by atoms with Gasteiger partial charge in [0.1, 0.15) is 23.8 Å². The van der Waals surface area contributed by atoms with E-state index in [4.69, 9.17) is 10.5 Å². The fourth-order valence-corrected chi connectivity index (χ4v) is 3.85. The van der Waals surface area contributed by atoms with Crippen molar-refractivity contribution in [2.45, 2.75) is 32.1 Å². The third-order valence-corrected chi connectivity index (χ3v) is 5.32. The molecule has 0 aromatic carbocycles. The molecule has 0 radical (unpaired) electrons. The predicted octanol–water partition coefficient (Wildman–Crippen LogP) is 3.23. The van der Waals surface area contributed by atoms with Crippen LogP contribution in [0.5, 0.6) is 0 Å². The smallest absolute Gasteiger partial charge is 0.133 e. The Hall–Kier alpha value is -1.55. The van der Waals surface area contributed by atoms with Crippen LogP contribution < -0.4 is 0 Å². The van der Waals surface area contributed by atoms with Crippen molar-refractivity contribution in [3.05, 3.63) is 22.4 Å². The lowest BCUT2D eigenvalue weighted by Crippen LogP contribution is -2.26. The Labute approximate surface area is 136 Å². The van der Waals surface area contributed by atoms with Gasteiger partial charge in [-0.25, -0.2) is 0 Å². The second kappa shape index (κ2) is 8.67. The van der Waals surface area contributed by atoms with Gasteiger partial charge in [0.05, 0.1) is 10.9 Å². The van der Waals surface area contributed by atoms with Crippen molar-refractivity contribution in [2.75, 3.05) is 18.1 Å². The molecule has 1 aliphatic heterocycles. The Morgan fingerprint density at radius 1 is 1.24 bits per heavy atom. The molecule has 1 fully saturated rings. The van der Waals surface area contributed by atoms with Gasteiger partial charge in [-0.15, -0.1) is 11.8 Å². The van der Waals surface area contributed by atoms with Crippen LogP contribution in [0.15, 0.2) is 22.4 Å². The first kappa shape index (κ1) is 17.5. The second-order valence-electron chi connectivity index (χ2n) is 4.68. The van der Waals surface area contributed by atoms with E-state index in [1.165, 1.54) is 0 Å². The molecule has 0 N–H and O–H groups in total. The number of likely N-dealkylation sites (tertiary alicyclic amines) is 1. The minimum atomic E-state index is 0.00431. The SMILES string of the molecule is CC(=C(C#N)C#N)/C(C#N)=C(\C)N1CCCC1SCCS. The minimum absolute atomic E-state index is 0.00431. The van der Waals surface area contributed by atoms with Gasteiger partial charge in [0, 0.05) is 18.0 Å². The number of rotatable bonds is 5. The number of hydrogen-bond donors (Lipinski definition) is 1. The van der Waals surface area contributed by atoms with E-state index in [-0.39, 0.29) is 5.57 Å². The topological polar surface area (TPSA) is 74.6 Å². The minimum Gasteiger partial charge on any atom is -0.362 e. The van der Waals surface area contributed by atoms with Crippen molar-refractivity contribution in [1.82, 2.24) is 4.90 Å². The Bertz CT molecular complexity index is 556. The van der Waals surface area contributed by atoms with Crippen LogP contribution in [0.3, 0.4) is 0 Å². The van der Waals surface area contributed by atoms with E-state index in [1.807, 2.05) is 30.8 Å². The van der Waals surface area contributed by atoms with Crippen LogP contribution >= 0.6 is 24.4 Å². The Morgan fingerprint density at radius 3 is 2.43 bits per heavy atom. The second-order valence-corrected chi connectivity index (χ2v) is 6.41. The molecule has 1 aliphatic rings. The summed E-state index contributed by atoms with van der Waals surface area (Å²) < 4.78 is 0. The van der Waals surface area contributed by atoms with E-state index in [1.54, 1.807) is 6.92 Å². The summed E-state index contributed by atoms with van der Waals surface area (Å²) in [4.78, 5) is 2.21. The third kappa shape index (κ3) is 4.21. The van der Waals surface area contributed by atoms with Crippen LogP contribution in [0.2, 0.25) is 0 Å². The summed E-state index contributed by atoms with van der Waals surface area (Å²) in [6.07, 6.45) is 2.17. The van der Waals surface area contributed by atoms with E-state index in [2.05, 4.69) is 23.6 Å². The molecular formula is C15H18N4S2. The van der Waals surface area contributed by atoms with Crippen molar-refractivity contribution >= 4 is 24.4 Å². The summed E-state index contributed by atoms with van der Waals surface area (Å²) in [7, 11) is 0. The largest absolute Gasteiger partial charge is 0.362 e. The van der Waals surface area contributed by atoms with Gasteiger partial charge in [-0.3, -0.25) is 0 Å². The highest BCUT2D eigenvalue weighted by Crippen LogP contribution is 2.32. The first-order valence-corrected chi connectivity index (χ1v) is 8.40. The van der Waals surface area contributed by atoms with Gasteiger partial charge >= 0.3 is 0 Å². The van der Waals surface area contributed by atoms with Crippen molar-refractivity contribution in [3.8, 4) is 18.2 Å². The Morgan fingerprint density at radius 2 is 1.90 bits per heavy atom. The standard InChI is InChI=1S/C15H18N4S2/c1-11(13(8-16)9-17)14(10-18)12(2)19-5-3-4-15(19)21-7-6-20/h15,20H,3-7H2,1-2H3/b14-12+. The highest BCUT2D eigenvalue weighted by atomic mass is 32.2. The molecule has 0 aromatic rings. The molecule has 1 rings (SSSR count). The number of thiol groups is 1. The van der Waals surface area contributed by atoms with Crippen LogP contribution in [0, 0.1) is 34.0 Å². The zero-order valence-corrected chi connectivity index (χ0v) is 14.0. The molecule has 0 bridgehead atoms. The monoisotopic (exact) mass is 318 g/mol. The highest BCUT2D eigenvalue weighted by molar-refractivity contribution is 8.00. The van der Waals surface area contributed by atoms with Crippen LogP contribution in [-0.2, 0) is 0 Å². The Balaban J connectivity index is 3.15. The van der Waals surface area contributed by atoms with Crippen molar-refractivity contribution < 1.29 is 0 Å². The summed E-state index contributed by atoms with van der Waals surface area (Å²) in [6, 6.07) is 5.87. The van der Waals surface area contributed by atoms with E-state index < -0.39 is 0 Å². The number of allylic oxidation sites excluding steroid dienone is 4. The molecule has 21 heavy (non-hydrogen) atoms. The van der Waals surface area contributed by atoms with Crippen LogP contribution in [0.1, 0.15) is 26.7 Å². The van der Waals surface area contributed by atoms with Gasteiger partial charge in [0.2, 0.25) is 0 Å². The van der Waals surface area contributed by atoms with Gasteiger partial charge in [-0.05, 0) is 38.0 Å². The fourth-order valence-electron chi connectivity index (χ4n) is 2.38. The first-order valence-electron chi connectivity index (χ1n) is 6.72. The fraction of sp³-hybridized carbons (Fsp3) is 0.533. The van der Waals surface area contributed by atoms with E-state index >= 15 is 0 Å². The lowest BCUT2D eigenvalue weighted by molar-refractivity contribution is 0.399. The number of thioether (sulfide) groups is 1. The summed E-state index contributed by atoms with van der Waals surface area (Å²) in [5.74, 6) is 1.80. The molecular weight excluding hydrogens is 300 g/mol. The molecule has 0 aromatic heterocycles. The average molecular weight is 318 g/mol. The maximum absolute atomic E-state index is 9.42. The Kier molecular flexibility index (Phi) is 7.23. The van der Waals surface area contributed by atoms with Gasteiger partial charge in [0.25, 0.3) is 0 Å². The zero-order valence-electron chi connectivity index (χ0n) is 12.3. The molecule has 0 aliphatic carbocycles. The quantitative estimate of drug-likeness (QED) is 0.478. The maximum atomic E-state index is 9.42. The van der Waals surface area contributed by atoms with Gasteiger partial charge in [0.15, 0.2) is 0 Å². The highest BCUT2D eigenvalue weighted by Gasteiger charge is 2.27. The molecule has 4 nitrogen and oxygen atoms in total. The maximum Gasteiger partial charge on any atom is 0.133 e. The van der Waals surface area contributed by atoms with Crippen molar-refractivity contribution in [1.29, 1.82) is 15.8 Å². The molecule has 1 heterocycles. The number of nitriles is 3. The molecule has 0 spiro atoms. The van der Waals surface area contributed by atoms with Crippen molar-refractivity contribution in [2.24, 2.45) is 0 Å². The molecule has 6 heteroatoms. The van der Waals surface area contributed by atoms with Crippen LogP contribution in [-0.4, -0.2) is 28.3 Å². The molecule has 0 amide bonds. The normalized spacial score (nSPS) is 18.3. The summed E-state index contributed by atoms with van der Waals surface area (Å²) in [5, 5.41) is 27.7. The van der Waals surface area contributed by atoms with E-state index in [0.717, 1.165) is 36.6 Å². The summed E-state index contributed by atoms with van der Waals surface area (Å²) >= 11 is 6.08. The van der Waals surface area contributed by atoms with Crippen molar-refractivity contribution in [3.63, 3.8) is 0 Å². The lowest BCUT2D eigenvalue weighted by atomic mass is 10.0. The van der Waals surface area contributed by atoms with Gasteiger partial charge < -0.3 is 4.90 Å². The van der Waals surface area contributed by atoms with Crippen LogP contribution in [0.4, 0.5) is 0 Å². The molecule has 0 saturated carbocycles. The van der Waals surface area contributed by atoms with Crippen LogP contribution in [0.25, 0.3) is 0 Å². The van der Waals surface area contributed by atoms with E-state index in [9.17, 15) is 5.26 Å².